The first-order chi connectivity index (χ1) is 7.44. The van der Waals surface area contributed by atoms with E-state index in [0.717, 1.165) is 19.0 Å². The molecule has 0 aromatic carbocycles. The van der Waals surface area contributed by atoms with Crippen LogP contribution in [0.2, 0.25) is 0 Å². The zero-order chi connectivity index (χ0) is 12.6. The molecule has 0 amide bonds. The van der Waals surface area contributed by atoms with Gasteiger partial charge in [-0.1, -0.05) is 13.3 Å². The molecule has 2 unspecified atom stereocenters. The number of carbonyl (C=O) groups is 1. The molecule has 0 aliphatic carbocycles. The molecule has 1 fully saturated rings. The van der Waals surface area contributed by atoms with E-state index in [9.17, 15) is 4.79 Å². The Bertz CT molecular complexity index is 179. The highest BCUT2D eigenvalue weighted by Gasteiger charge is 2.23. The Morgan fingerprint density at radius 2 is 1.94 bits per heavy atom. The summed E-state index contributed by atoms with van der Waals surface area (Å²) in [5.74, 6) is 1.24. The highest BCUT2D eigenvalue weighted by Crippen LogP contribution is 2.18. The fraction of sp³-hybridized carbons (Fsp3) is 0.917. The summed E-state index contributed by atoms with van der Waals surface area (Å²) in [6, 6.07) is 0. The molecule has 2 atom stereocenters. The van der Waals surface area contributed by atoms with Crippen LogP contribution in [0.15, 0.2) is 0 Å². The Labute approximate surface area is 98.4 Å². The van der Waals surface area contributed by atoms with Crippen molar-refractivity contribution in [3.63, 3.8) is 0 Å². The molecule has 4 heteroatoms. The predicted octanol–water partition coefficient (Wildman–Crippen LogP) is 1.18. The van der Waals surface area contributed by atoms with Gasteiger partial charge in [-0.3, -0.25) is 4.79 Å². The lowest BCUT2D eigenvalue weighted by Crippen LogP contribution is -2.17. The highest BCUT2D eigenvalue weighted by molar-refractivity contribution is 5.37. The van der Waals surface area contributed by atoms with E-state index in [2.05, 4.69) is 17.0 Å². The maximum Gasteiger partial charge on any atom is 0.293 e. The zero-order valence-electron chi connectivity index (χ0n) is 10.8. The van der Waals surface area contributed by atoms with E-state index in [1.165, 1.54) is 6.42 Å². The Kier molecular flexibility index (Phi) is 7.34. The van der Waals surface area contributed by atoms with E-state index in [1.807, 2.05) is 20.8 Å². The van der Waals surface area contributed by atoms with Crippen LogP contribution in [0.4, 0.5) is 0 Å². The normalized spacial score (nSPS) is 24.6. The number of nitrogens with one attached hydrogen (secondary N) is 1. The molecule has 4 nitrogen and oxygen atoms in total. The lowest BCUT2D eigenvalue weighted by Gasteiger charge is -2.14. The summed E-state index contributed by atoms with van der Waals surface area (Å²) in [4.78, 5) is 9.60. The van der Waals surface area contributed by atoms with E-state index in [4.69, 9.17) is 5.11 Å². The number of rotatable bonds is 3. The number of ether oxygens (including phenoxy) is 1. The van der Waals surface area contributed by atoms with Crippen LogP contribution in [0.25, 0.3) is 0 Å². The molecule has 1 aliphatic rings. The maximum atomic E-state index is 9.60. The van der Waals surface area contributed by atoms with Gasteiger partial charge in [0.25, 0.3) is 6.47 Å². The molecule has 96 valence electrons. The highest BCUT2D eigenvalue weighted by atomic mass is 16.5. The maximum absolute atomic E-state index is 9.60. The molecule has 16 heavy (non-hydrogen) atoms. The Hall–Kier alpha value is -0.610. The van der Waals surface area contributed by atoms with Crippen LogP contribution >= 0.6 is 0 Å². The fourth-order valence-corrected chi connectivity index (χ4v) is 1.62. The van der Waals surface area contributed by atoms with Gasteiger partial charge < -0.3 is 15.2 Å². The van der Waals surface area contributed by atoms with Crippen LogP contribution in [-0.4, -0.2) is 36.9 Å². The van der Waals surface area contributed by atoms with Crippen molar-refractivity contribution in [2.24, 2.45) is 11.8 Å². The van der Waals surface area contributed by atoms with Crippen LogP contribution < -0.4 is 5.32 Å². The van der Waals surface area contributed by atoms with Crippen LogP contribution in [0.1, 0.15) is 34.1 Å². The Balaban J connectivity index is 0.000000293. The fourth-order valence-electron chi connectivity index (χ4n) is 1.62. The van der Waals surface area contributed by atoms with Crippen molar-refractivity contribution in [1.82, 2.24) is 5.32 Å². The topological polar surface area (TPSA) is 58.6 Å². The van der Waals surface area contributed by atoms with Gasteiger partial charge in [-0.25, -0.2) is 0 Å². The van der Waals surface area contributed by atoms with Crippen molar-refractivity contribution in [3.8, 4) is 0 Å². The van der Waals surface area contributed by atoms with Gasteiger partial charge in [-0.05, 0) is 39.2 Å². The van der Waals surface area contributed by atoms with Crippen molar-refractivity contribution < 1.29 is 14.6 Å². The average molecular weight is 231 g/mol. The Morgan fingerprint density at radius 3 is 2.19 bits per heavy atom. The van der Waals surface area contributed by atoms with Crippen LogP contribution in [0.3, 0.4) is 0 Å². The predicted molar refractivity (Wildman–Crippen MR) is 64.1 cm³/mol. The van der Waals surface area contributed by atoms with E-state index < -0.39 is 0 Å². The van der Waals surface area contributed by atoms with Gasteiger partial charge >= 0.3 is 0 Å². The van der Waals surface area contributed by atoms with Gasteiger partial charge in [0, 0.05) is 13.2 Å². The van der Waals surface area contributed by atoms with Gasteiger partial charge in [-0.15, -0.1) is 0 Å². The molecule has 0 saturated carbocycles. The van der Waals surface area contributed by atoms with E-state index in [-0.39, 0.29) is 5.60 Å². The molecule has 0 aromatic rings. The zero-order valence-corrected chi connectivity index (χ0v) is 10.8. The van der Waals surface area contributed by atoms with Gasteiger partial charge in [0.1, 0.15) is 5.60 Å². The van der Waals surface area contributed by atoms with Gasteiger partial charge in [0.15, 0.2) is 0 Å². The van der Waals surface area contributed by atoms with Crippen LogP contribution in [-0.2, 0) is 9.53 Å². The minimum absolute atomic E-state index is 0.318. The number of aliphatic hydroxyl groups excluding tert-OH is 1. The molecule has 0 spiro atoms. The molecule has 1 rings (SSSR count). The SMILES string of the molecule is CC(C)(C)OC=O.CCC1CNCC1CO. The van der Waals surface area contributed by atoms with E-state index in [1.54, 1.807) is 0 Å². The number of hydrogen-bond donors (Lipinski definition) is 2. The Morgan fingerprint density at radius 1 is 1.38 bits per heavy atom. The first kappa shape index (κ1) is 15.4. The standard InChI is InChI=1S/C7H15NO.C5H10O2/c1-2-6-3-8-4-7(6)5-9;1-5(2,3)7-4-6/h6-9H,2-5H2,1H3;4H,1-3H3. The third kappa shape index (κ3) is 6.80. The quantitative estimate of drug-likeness (QED) is 0.716. The third-order valence-corrected chi connectivity index (χ3v) is 2.64. The number of aliphatic hydroxyl groups is 1. The number of hydrogen-bond acceptors (Lipinski definition) is 4. The smallest absolute Gasteiger partial charge is 0.293 e. The van der Waals surface area contributed by atoms with Crippen LogP contribution in [0.5, 0.6) is 0 Å². The van der Waals surface area contributed by atoms with Crippen LogP contribution in [0, 0.1) is 11.8 Å². The molecule has 0 bridgehead atoms. The summed E-state index contributed by atoms with van der Waals surface area (Å²) >= 11 is 0. The van der Waals surface area contributed by atoms with Crippen molar-refractivity contribution in [2.75, 3.05) is 19.7 Å². The van der Waals surface area contributed by atoms with Gasteiger partial charge in [0.2, 0.25) is 0 Å². The molecule has 0 radical (unpaired) electrons. The summed E-state index contributed by atoms with van der Waals surface area (Å²) in [5, 5.41) is 12.1. The summed E-state index contributed by atoms with van der Waals surface area (Å²) < 4.78 is 4.55. The first-order valence-corrected chi connectivity index (χ1v) is 5.87. The summed E-state index contributed by atoms with van der Waals surface area (Å²) in [5.41, 5.74) is -0.318. The molecule has 1 aliphatic heterocycles. The second kappa shape index (κ2) is 7.63. The lowest BCUT2D eigenvalue weighted by atomic mass is 9.95. The first-order valence-electron chi connectivity index (χ1n) is 5.87. The molecule has 0 aromatic heterocycles. The molecular weight excluding hydrogens is 206 g/mol. The average Bonchev–Trinajstić information content (AvgIpc) is 2.63. The second-order valence-corrected chi connectivity index (χ2v) is 5.10. The minimum atomic E-state index is -0.318. The molecular formula is C12H25NO3. The second-order valence-electron chi connectivity index (χ2n) is 5.10. The monoisotopic (exact) mass is 231 g/mol. The third-order valence-electron chi connectivity index (χ3n) is 2.64. The molecule has 2 N–H and O–H groups in total. The van der Waals surface area contributed by atoms with Crippen molar-refractivity contribution in [2.45, 2.75) is 39.7 Å². The van der Waals surface area contributed by atoms with Crippen molar-refractivity contribution in [1.29, 1.82) is 0 Å². The number of carbonyl (C=O) groups excluding carboxylic acids is 1. The van der Waals surface area contributed by atoms with Crippen molar-refractivity contribution in [3.05, 3.63) is 0 Å². The molecule has 1 heterocycles. The lowest BCUT2D eigenvalue weighted by molar-refractivity contribution is -0.138. The summed E-state index contributed by atoms with van der Waals surface area (Å²) in [7, 11) is 0. The van der Waals surface area contributed by atoms with E-state index >= 15 is 0 Å². The largest absolute Gasteiger partial charge is 0.462 e. The van der Waals surface area contributed by atoms with Crippen molar-refractivity contribution >= 4 is 6.47 Å². The summed E-state index contributed by atoms with van der Waals surface area (Å²) in [6.07, 6.45) is 1.19. The summed E-state index contributed by atoms with van der Waals surface area (Å²) in [6.45, 7) is 10.6. The van der Waals surface area contributed by atoms with Gasteiger partial charge in [0.05, 0.1) is 0 Å². The molecule has 1 saturated heterocycles. The van der Waals surface area contributed by atoms with Gasteiger partial charge in [-0.2, -0.15) is 0 Å². The van der Waals surface area contributed by atoms with E-state index in [0.29, 0.717) is 19.0 Å². The minimum Gasteiger partial charge on any atom is -0.462 e.